The van der Waals surface area contributed by atoms with E-state index in [9.17, 15) is 4.79 Å². The number of nitrogens with zero attached hydrogens (tertiary/aromatic N) is 2. The Morgan fingerprint density at radius 1 is 1.00 bits per heavy atom. The molecule has 0 aromatic carbocycles. The van der Waals surface area contributed by atoms with Crippen LogP contribution in [0.15, 0.2) is 0 Å². The molecule has 2 atom stereocenters. The second-order valence-electron chi connectivity index (χ2n) is 7.65. The zero-order valence-electron chi connectivity index (χ0n) is 14.4. The lowest BCUT2D eigenvalue weighted by molar-refractivity contribution is -0.134. The van der Waals surface area contributed by atoms with E-state index in [-0.39, 0.29) is 6.04 Å². The zero-order chi connectivity index (χ0) is 16.1. The van der Waals surface area contributed by atoms with Crippen LogP contribution in [0.3, 0.4) is 0 Å². The normalized spacial score (nSPS) is 31.3. The Balaban J connectivity index is 1.38. The van der Waals surface area contributed by atoms with Crippen LogP contribution < -0.4 is 5.73 Å². The Morgan fingerprint density at radius 3 is 2.39 bits per heavy atom. The van der Waals surface area contributed by atoms with Gasteiger partial charge in [0, 0.05) is 45.2 Å². The van der Waals surface area contributed by atoms with Gasteiger partial charge in [0.15, 0.2) is 0 Å². The second-order valence-corrected chi connectivity index (χ2v) is 7.65. The highest BCUT2D eigenvalue weighted by Crippen LogP contribution is 2.27. The van der Waals surface area contributed by atoms with Crippen molar-refractivity contribution in [1.29, 1.82) is 0 Å². The van der Waals surface area contributed by atoms with Crippen LogP contribution in [0.1, 0.15) is 44.9 Å². The first-order chi connectivity index (χ1) is 11.2. The third-order valence-corrected chi connectivity index (χ3v) is 5.99. The fourth-order valence-corrected chi connectivity index (χ4v) is 4.36. The van der Waals surface area contributed by atoms with Crippen LogP contribution in [0.5, 0.6) is 0 Å². The molecule has 2 N–H and O–H groups in total. The van der Waals surface area contributed by atoms with Gasteiger partial charge in [-0.15, -0.1) is 0 Å². The first kappa shape index (κ1) is 17.2. The highest BCUT2D eigenvalue weighted by Gasteiger charge is 2.29. The van der Waals surface area contributed by atoms with E-state index in [0.29, 0.717) is 18.2 Å². The number of nitrogens with two attached hydrogens (primary N) is 1. The first-order valence-corrected chi connectivity index (χ1v) is 9.56. The summed E-state index contributed by atoms with van der Waals surface area (Å²) in [6.07, 6.45) is 7.70. The van der Waals surface area contributed by atoms with Crippen LogP contribution in [-0.2, 0) is 9.53 Å². The number of piperidine rings is 1. The Bertz CT molecular complexity index is 376. The van der Waals surface area contributed by atoms with E-state index < -0.39 is 0 Å². The van der Waals surface area contributed by atoms with E-state index in [0.717, 1.165) is 71.0 Å². The number of likely N-dealkylation sites (tertiary alicyclic amines) is 1. The van der Waals surface area contributed by atoms with Crippen molar-refractivity contribution in [2.24, 2.45) is 17.6 Å². The molecule has 2 saturated heterocycles. The molecule has 1 saturated carbocycles. The van der Waals surface area contributed by atoms with Crippen molar-refractivity contribution >= 4 is 5.91 Å². The predicted octanol–water partition coefficient (Wildman–Crippen LogP) is 1.46. The van der Waals surface area contributed by atoms with Gasteiger partial charge >= 0.3 is 0 Å². The zero-order valence-corrected chi connectivity index (χ0v) is 14.4. The van der Waals surface area contributed by atoms with E-state index in [1.165, 1.54) is 19.4 Å². The first-order valence-electron chi connectivity index (χ1n) is 9.56. The molecule has 5 heteroatoms. The summed E-state index contributed by atoms with van der Waals surface area (Å²) >= 11 is 0. The van der Waals surface area contributed by atoms with Crippen molar-refractivity contribution in [1.82, 2.24) is 9.80 Å². The van der Waals surface area contributed by atoms with Gasteiger partial charge in [0.2, 0.25) is 5.91 Å². The van der Waals surface area contributed by atoms with Crippen LogP contribution in [0.2, 0.25) is 0 Å². The average Bonchev–Trinajstić information content (AvgIpc) is 2.58. The minimum atomic E-state index is 0.242. The molecule has 132 valence electrons. The Hall–Kier alpha value is -0.650. The number of carbonyl (C=O) groups is 1. The Labute approximate surface area is 140 Å². The third kappa shape index (κ3) is 4.91. The molecule has 1 amide bonds. The molecular weight excluding hydrogens is 290 g/mol. The van der Waals surface area contributed by atoms with Crippen LogP contribution in [0.4, 0.5) is 0 Å². The van der Waals surface area contributed by atoms with Crippen LogP contribution >= 0.6 is 0 Å². The van der Waals surface area contributed by atoms with E-state index >= 15 is 0 Å². The molecule has 5 nitrogen and oxygen atoms in total. The van der Waals surface area contributed by atoms with Crippen molar-refractivity contribution in [3.63, 3.8) is 0 Å². The molecule has 3 rings (SSSR count). The van der Waals surface area contributed by atoms with E-state index in [1.54, 1.807) is 0 Å². The number of ether oxygens (including phenoxy) is 1. The lowest BCUT2D eigenvalue weighted by Gasteiger charge is -2.37. The number of carbonyl (C=O) groups excluding carboxylic acids is 1. The van der Waals surface area contributed by atoms with Crippen molar-refractivity contribution in [3.05, 3.63) is 0 Å². The monoisotopic (exact) mass is 323 g/mol. The molecule has 2 aliphatic heterocycles. The number of amides is 1. The second kappa shape index (κ2) is 8.45. The van der Waals surface area contributed by atoms with Gasteiger partial charge in [-0.25, -0.2) is 0 Å². The average molecular weight is 323 g/mol. The van der Waals surface area contributed by atoms with Gasteiger partial charge in [0.05, 0.1) is 13.2 Å². The Morgan fingerprint density at radius 2 is 1.70 bits per heavy atom. The van der Waals surface area contributed by atoms with Gasteiger partial charge in [-0.2, -0.15) is 0 Å². The number of hydrogen-bond donors (Lipinski definition) is 1. The molecule has 3 fully saturated rings. The van der Waals surface area contributed by atoms with Crippen molar-refractivity contribution < 1.29 is 9.53 Å². The number of morpholine rings is 1. The number of hydrogen-bond acceptors (Lipinski definition) is 4. The lowest BCUT2D eigenvalue weighted by Crippen LogP contribution is -2.45. The highest BCUT2D eigenvalue weighted by molar-refractivity contribution is 5.76. The Kier molecular flexibility index (Phi) is 6.31. The molecule has 0 aromatic rings. The summed E-state index contributed by atoms with van der Waals surface area (Å²) < 4.78 is 5.41. The van der Waals surface area contributed by atoms with Crippen molar-refractivity contribution in [2.45, 2.75) is 51.0 Å². The fourth-order valence-electron chi connectivity index (χ4n) is 4.36. The van der Waals surface area contributed by atoms with Gasteiger partial charge in [-0.1, -0.05) is 12.8 Å². The maximum absolute atomic E-state index is 12.6. The summed E-state index contributed by atoms with van der Waals surface area (Å²) in [6, 6.07) is 0.242. The molecule has 0 bridgehead atoms. The maximum atomic E-state index is 12.6. The SMILES string of the molecule is NC1CCCCC1CC(=O)N1CCC(CN2CCOCC2)CC1. The quantitative estimate of drug-likeness (QED) is 0.851. The van der Waals surface area contributed by atoms with Gasteiger partial charge in [0.1, 0.15) is 0 Å². The molecule has 0 spiro atoms. The summed E-state index contributed by atoms with van der Waals surface area (Å²) in [5, 5.41) is 0. The molecule has 0 aromatic heterocycles. The van der Waals surface area contributed by atoms with Gasteiger partial charge in [-0.3, -0.25) is 9.69 Å². The molecule has 2 unspecified atom stereocenters. The van der Waals surface area contributed by atoms with E-state index in [2.05, 4.69) is 9.80 Å². The van der Waals surface area contributed by atoms with E-state index in [4.69, 9.17) is 10.5 Å². The summed E-state index contributed by atoms with van der Waals surface area (Å²) in [6.45, 7) is 6.94. The number of rotatable bonds is 4. The van der Waals surface area contributed by atoms with E-state index in [1.807, 2.05) is 0 Å². The largest absolute Gasteiger partial charge is 0.379 e. The van der Waals surface area contributed by atoms with Crippen molar-refractivity contribution in [3.8, 4) is 0 Å². The minimum Gasteiger partial charge on any atom is -0.379 e. The topological polar surface area (TPSA) is 58.8 Å². The van der Waals surface area contributed by atoms with Gasteiger partial charge < -0.3 is 15.4 Å². The third-order valence-electron chi connectivity index (χ3n) is 5.99. The summed E-state index contributed by atoms with van der Waals surface area (Å²) in [5.74, 6) is 1.51. The summed E-state index contributed by atoms with van der Waals surface area (Å²) in [7, 11) is 0. The fraction of sp³-hybridized carbons (Fsp3) is 0.944. The van der Waals surface area contributed by atoms with Crippen LogP contribution in [0, 0.1) is 11.8 Å². The lowest BCUT2D eigenvalue weighted by atomic mass is 9.82. The molecule has 23 heavy (non-hydrogen) atoms. The van der Waals surface area contributed by atoms with Gasteiger partial charge in [-0.05, 0) is 37.5 Å². The molecular formula is C18H33N3O2. The minimum absolute atomic E-state index is 0.242. The van der Waals surface area contributed by atoms with Crippen molar-refractivity contribution in [2.75, 3.05) is 45.9 Å². The maximum Gasteiger partial charge on any atom is 0.222 e. The standard InChI is InChI=1S/C18H33N3O2/c19-17-4-2-1-3-16(17)13-18(22)21-7-5-15(6-8-21)14-20-9-11-23-12-10-20/h15-17H,1-14,19H2. The molecule has 2 heterocycles. The highest BCUT2D eigenvalue weighted by atomic mass is 16.5. The predicted molar refractivity (Wildman–Crippen MR) is 91.1 cm³/mol. The summed E-state index contributed by atoms with van der Waals surface area (Å²) in [5.41, 5.74) is 6.20. The van der Waals surface area contributed by atoms with Crippen LogP contribution in [0.25, 0.3) is 0 Å². The molecule has 3 aliphatic rings. The molecule has 1 aliphatic carbocycles. The summed E-state index contributed by atoms with van der Waals surface area (Å²) in [4.78, 5) is 17.2. The molecule has 0 radical (unpaired) electrons. The van der Waals surface area contributed by atoms with Crippen LogP contribution in [-0.4, -0.2) is 67.7 Å². The smallest absolute Gasteiger partial charge is 0.222 e. The van der Waals surface area contributed by atoms with Gasteiger partial charge in [0.25, 0.3) is 0 Å².